The number of carbonyl (C=O) groups excluding carboxylic acids is 1. The maximum atomic E-state index is 12.1. The zero-order chi connectivity index (χ0) is 21.0. The number of nitrogens with zero attached hydrogens (tertiary/aromatic N) is 3. The first kappa shape index (κ1) is 20.0. The van der Waals surface area contributed by atoms with Crippen LogP contribution in [0.1, 0.15) is 25.2 Å². The molecule has 156 valence electrons. The third-order valence-electron chi connectivity index (χ3n) is 4.36. The van der Waals surface area contributed by atoms with Crippen molar-refractivity contribution in [2.45, 2.75) is 36.6 Å². The van der Waals surface area contributed by atoms with Crippen LogP contribution >= 0.6 is 0 Å². The van der Waals surface area contributed by atoms with Gasteiger partial charge in [0.25, 0.3) is 0 Å². The zero-order valence-corrected chi connectivity index (χ0v) is 16.7. The van der Waals surface area contributed by atoms with Crippen molar-refractivity contribution in [3.8, 4) is 11.4 Å². The van der Waals surface area contributed by atoms with Gasteiger partial charge in [-0.2, -0.15) is 4.98 Å². The molecule has 0 spiro atoms. The van der Waals surface area contributed by atoms with E-state index in [0.717, 1.165) is 18.4 Å². The number of benzene rings is 1. The van der Waals surface area contributed by atoms with Crippen LogP contribution in [0, 0.1) is 0 Å². The fourth-order valence-corrected chi connectivity index (χ4v) is 3.90. The van der Waals surface area contributed by atoms with Gasteiger partial charge < -0.3 is 4.52 Å². The summed E-state index contributed by atoms with van der Waals surface area (Å²) in [7, 11) is -3.49. The van der Waals surface area contributed by atoms with Crippen LogP contribution in [0.25, 0.3) is 11.4 Å². The number of aromatic nitrogens is 3. The SMILES string of the molecule is O=C(CCc1nc(-c2cccnc2)no1)NNc1ccc(S(=O)(=O)NC2CC2)cc1. The second-order valence-electron chi connectivity index (χ2n) is 6.85. The van der Waals surface area contributed by atoms with E-state index in [1.807, 2.05) is 6.07 Å². The first-order valence-corrected chi connectivity index (χ1v) is 10.9. The molecule has 4 rings (SSSR count). The molecule has 3 N–H and O–H groups in total. The summed E-state index contributed by atoms with van der Waals surface area (Å²) in [6, 6.07) is 9.77. The molecule has 0 aliphatic heterocycles. The molecule has 10 nitrogen and oxygen atoms in total. The summed E-state index contributed by atoms with van der Waals surface area (Å²) in [6.45, 7) is 0. The van der Waals surface area contributed by atoms with Gasteiger partial charge in [0.2, 0.25) is 27.6 Å². The van der Waals surface area contributed by atoms with Crippen LogP contribution in [0.15, 0.2) is 58.2 Å². The van der Waals surface area contributed by atoms with E-state index in [1.54, 1.807) is 30.6 Å². The van der Waals surface area contributed by atoms with Gasteiger partial charge in [-0.05, 0) is 49.2 Å². The van der Waals surface area contributed by atoms with E-state index < -0.39 is 10.0 Å². The van der Waals surface area contributed by atoms with Crippen molar-refractivity contribution >= 4 is 21.6 Å². The number of sulfonamides is 1. The highest BCUT2D eigenvalue weighted by Gasteiger charge is 2.27. The van der Waals surface area contributed by atoms with Gasteiger partial charge in [0, 0.05) is 36.8 Å². The molecule has 2 aromatic heterocycles. The van der Waals surface area contributed by atoms with Gasteiger partial charge in [0.05, 0.1) is 10.6 Å². The van der Waals surface area contributed by atoms with Gasteiger partial charge in [0.1, 0.15) is 0 Å². The maximum Gasteiger partial charge on any atom is 0.240 e. The van der Waals surface area contributed by atoms with Crippen LogP contribution in [0.3, 0.4) is 0 Å². The smallest absolute Gasteiger partial charge is 0.240 e. The molecule has 0 bridgehead atoms. The Balaban J connectivity index is 1.24. The number of hydrogen-bond donors (Lipinski definition) is 3. The first-order chi connectivity index (χ1) is 14.5. The number of nitrogens with one attached hydrogen (secondary N) is 3. The van der Waals surface area contributed by atoms with Gasteiger partial charge in [-0.3, -0.25) is 20.6 Å². The summed E-state index contributed by atoms with van der Waals surface area (Å²) in [5.74, 6) is 0.493. The summed E-state index contributed by atoms with van der Waals surface area (Å²) in [5, 5.41) is 3.88. The quantitative estimate of drug-likeness (QED) is 0.437. The van der Waals surface area contributed by atoms with Crippen molar-refractivity contribution < 1.29 is 17.7 Å². The number of pyridine rings is 1. The highest BCUT2D eigenvalue weighted by Crippen LogP contribution is 2.22. The van der Waals surface area contributed by atoms with Crippen molar-refractivity contribution in [1.29, 1.82) is 0 Å². The van der Waals surface area contributed by atoms with Crippen LogP contribution in [0.2, 0.25) is 0 Å². The second-order valence-corrected chi connectivity index (χ2v) is 8.56. The fraction of sp³-hybridized carbons (Fsp3) is 0.263. The molecule has 1 saturated carbocycles. The minimum Gasteiger partial charge on any atom is -0.339 e. The van der Waals surface area contributed by atoms with Crippen LogP contribution in [-0.2, 0) is 21.2 Å². The molecule has 1 amide bonds. The van der Waals surface area contributed by atoms with E-state index >= 15 is 0 Å². The van der Waals surface area contributed by atoms with E-state index in [9.17, 15) is 13.2 Å². The van der Waals surface area contributed by atoms with E-state index in [4.69, 9.17) is 4.52 Å². The Kier molecular flexibility index (Phi) is 5.72. The summed E-state index contributed by atoms with van der Waals surface area (Å²) in [6.07, 6.45) is 5.45. The summed E-state index contributed by atoms with van der Waals surface area (Å²) < 4.78 is 32.1. The largest absolute Gasteiger partial charge is 0.339 e. The Labute approximate surface area is 173 Å². The molecule has 30 heavy (non-hydrogen) atoms. The lowest BCUT2D eigenvalue weighted by Crippen LogP contribution is -2.29. The number of amides is 1. The van der Waals surface area contributed by atoms with Crippen LogP contribution in [0.5, 0.6) is 0 Å². The average Bonchev–Trinajstić information content (AvgIpc) is 3.43. The Morgan fingerprint density at radius 3 is 2.67 bits per heavy atom. The predicted octanol–water partition coefficient (Wildman–Crippen LogP) is 1.65. The molecular weight excluding hydrogens is 408 g/mol. The highest BCUT2D eigenvalue weighted by atomic mass is 32.2. The highest BCUT2D eigenvalue weighted by molar-refractivity contribution is 7.89. The molecule has 1 aromatic carbocycles. The van der Waals surface area contributed by atoms with E-state index in [2.05, 4.69) is 30.7 Å². The molecule has 0 radical (unpaired) electrons. The average molecular weight is 428 g/mol. The molecule has 1 aliphatic rings. The molecule has 1 fully saturated rings. The monoisotopic (exact) mass is 428 g/mol. The third kappa shape index (κ3) is 5.19. The van der Waals surface area contributed by atoms with Crippen molar-refractivity contribution in [2.75, 3.05) is 5.43 Å². The number of aryl methyl sites for hydroxylation is 1. The van der Waals surface area contributed by atoms with Crippen molar-refractivity contribution in [3.05, 3.63) is 54.7 Å². The Hall–Kier alpha value is -3.31. The normalized spacial score (nSPS) is 13.7. The van der Waals surface area contributed by atoms with Gasteiger partial charge >= 0.3 is 0 Å². The van der Waals surface area contributed by atoms with E-state index in [-0.39, 0.29) is 29.7 Å². The summed E-state index contributed by atoms with van der Waals surface area (Å²) in [4.78, 5) is 20.5. The number of rotatable bonds is 9. The van der Waals surface area contributed by atoms with Crippen molar-refractivity contribution in [1.82, 2.24) is 25.3 Å². The Morgan fingerprint density at radius 2 is 1.97 bits per heavy atom. The minimum absolute atomic E-state index is 0.0476. The Morgan fingerprint density at radius 1 is 1.17 bits per heavy atom. The first-order valence-electron chi connectivity index (χ1n) is 9.40. The minimum atomic E-state index is -3.49. The molecule has 1 aliphatic carbocycles. The lowest BCUT2D eigenvalue weighted by atomic mass is 10.2. The summed E-state index contributed by atoms with van der Waals surface area (Å²) >= 11 is 0. The molecule has 3 aromatic rings. The summed E-state index contributed by atoms with van der Waals surface area (Å²) in [5.41, 5.74) is 6.60. The van der Waals surface area contributed by atoms with E-state index in [1.165, 1.54) is 12.1 Å². The van der Waals surface area contributed by atoms with Crippen LogP contribution in [-0.4, -0.2) is 35.5 Å². The van der Waals surface area contributed by atoms with Gasteiger partial charge in [-0.25, -0.2) is 13.1 Å². The maximum absolute atomic E-state index is 12.1. The number of hydrazine groups is 1. The molecule has 11 heteroatoms. The van der Waals surface area contributed by atoms with Crippen molar-refractivity contribution in [2.24, 2.45) is 0 Å². The topological polar surface area (TPSA) is 139 Å². The molecule has 0 saturated heterocycles. The molecule has 2 heterocycles. The number of anilines is 1. The van der Waals surface area contributed by atoms with Crippen LogP contribution < -0.4 is 15.6 Å². The van der Waals surface area contributed by atoms with E-state index in [0.29, 0.717) is 17.4 Å². The standard InChI is InChI=1S/C19H20N6O4S/c26-17(9-10-18-21-19(24-29-18)13-2-1-11-20-12-13)23-22-14-5-7-16(8-6-14)30(27,28)25-15-3-4-15/h1-2,5-8,11-12,15,22,25H,3-4,9-10H2,(H,23,26). The van der Waals surface area contributed by atoms with Gasteiger partial charge in [-0.15, -0.1) is 0 Å². The lowest BCUT2D eigenvalue weighted by molar-refractivity contribution is -0.120. The number of carbonyl (C=O) groups is 1. The van der Waals surface area contributed by atoms with Crippen molar-refractivity contribution in [3.63, 3.8) is 0 Å². The lowest BCUT2D eigenvalue weighted by Gasteiger charge is -2.09. The second kappa shape index (κ2) is 8.59. The molecule has 0 atom stereocenters. The Bertz CT molecular complexity index is 1110. The predicted molar refractivity (Wildman–Crippen MR) is 107 cm³/mol. The zero-order valence-electron chi connectivity index (χ0n) is 15.9. The van der Waals surface area contributed by atoms with Gasteiger partial charge in [-0.1, -0.05) is 5.16 Å². The number of hydrogen-bond acceptors (Lipinski definition) is 8. The van der Waals surface area contributed by atoms with Gasteiger partial charge in [0.15, 0.2) is 0 Å². The molecule has 0 unspecified atom stereocenters. The van der Waals surface area contributed by atoms with Crippen LogP contribution in [0.4, 0.5) is 5.69 Å². The fourth-order valence-electron chi connectivity index (χ4n) is 2.60. The third-order valence-corrected chi connectivity index (χ3v) is 5.90. The molecular formula is C19H20N6O4S.